The van der Waals surface area contributed by atoms with Crippen molar-refractivity contribution in [1.82, 2.24) is 20.6 Å². The first-order valence-electron chi connectivity index (χ1n) is 8.25. The van der Waals surface area contributed by atoms with Crippen LogP contribution >= 0.6 is 11.3 Å². The molecule has 0 atom stereocenters. The van der Waals surface area contributed by atoms with Gasteiger partial charge in [0.15, 0.2) is 18.3 Å². The molecule has 0 aromatic carbocycles. The molecule has 6 nitrogen and oxygen atoms in total. The van der Waals surface area contributed by atoms with Gasteiger partial charge in [-0.05, 0) is 13.0 Å². The molecule has 0 saturated heterocycles. The van der Waals surface area contributed by atoms with Crippen molar-refractivity contribution < 1.29 is 31.1 Å². The standard InChI is InChI=1S/C16H17F6N5OS/c1-2-23-14(26-7-12-27-11(8-29-12)16(20,21)22)25-6-10-4-3-5-24-13(10)28-9-15(17,18)19/h3-5,8H,2,6-7,9H2,1H3,(H2,23,25,26). The van der Waals surface area contributed by atoms with Crippen LogP contribution in [0.4, 0.5) is 26.3 Å². The maximum absolute atomic E-state index is 12.6. The lowest BCUT2D eigenvalue weighted by Gasteiger charge is -2.12. The van der Waals surface area contributed by atoms with Gasteiger partial charge in [-0.1, -0.05) is 6.07 Å². The van der Waals surface area contributed by atoms with Crippen molar-refractivity contribution in [2.45, 2.75) is 32.4 Å². The van der Waals surface area contributed by atoms with Crippen LogP contribution in [0.5, 0.6) is 5.88 Å². The molecule has 0 unspecified atom stereocenters. The van der Waals surface area contributed by atoms with Crippen molar-refractivity contribution in [3.8, 4) is 5.88 Å². The smallest absolute Gasteiger partial charge is 0.434 e. The first-order valence-corrected chi connectivity index (χ1v) is 9.13. The molecule has 0 aliphatic rings. The second-order valence-corrected chi connectivity index (χ2v) is 6.49. The highest BCUT2D eigenvalue weighted by Gasteiger charge is 2.33. The third-order valence-corrected chi connectivity index (χ3v) is 4.07. The summed E-state index contributed by atoms with van der Waals surface area (Å²) in [5, 5.41) is 6.84. The fourth-order valence-electron chi connectivity index (χ4n) is 2.01. The topological polar surface area (TPSA) is 71.4 Å². The Labute approximate surface area is 166 Å². The van der Waals surface area contributed by atoms with Crippen molar-refractivity contribution in [1.29, 1.82) is 0 Å². The summed E-state index contributed by atoms with van der Waals surface area (Å²) in [5.41, 5.74) is -0.648. The minimum absolute atomic E-state index is 0.00293. The van der Waals surface area contributed by atoms with Gasteiger partial charge in [-0.3, -0.25) is 0 Å². The van der Waals surface area contributed by atoms with Crippen LogP contribution < -0.4 is 15.4 Å². The van der Waals surface area contributed by atoms with E-state index in [0.29, 0.717) is 12.1 Å². The molecule has 0 aliphatic carbocycles. The van der Waals surface area contributed by atoms with Crippen LogP contribution in [0, 0.1) is 0 Å². The average molecular weight is 441 g/mol. The van der Waals surface area contributed by atoms with Gasteiger partial charge in [0, 0.05) is 23.7 Å². The number of ether oxygens (including phenoxy) is 1. The molecule has 2 N–H and O–H groups in total. The molecular formula is C16H17F6N5OS. The fraction of sp³-hybridized carbons (Fsp3) is 0.438. The Morgan fingerprint density at radius 2 is 1.97 bits per heavy atom. The van der Waals surface area contributed by atoms with Crippen LogP contribution in [-0.4, -0.2) is 35.3 Å². The third-order valence-electron chi connectivity index (χ3n) is 3.22. The molecule has 0 bridgehead atoms. The average Bonchev–Trinajstić information content (AvgIpc) is 3.12. The second-order valence-electron chi connectivity index (χ2n) is 5.54. The Kier molecular flexibility index (Phi) is 7.65. The van der Waals surface area contributed by atoms with E-state index in [0.717, 1.165) is 16.7 Å². The summed E-state index contributed by atoms with van der Waals surface area (Å²) in [4.78, 5) is 11.5. The van der Waals surface area contributed by atoms with E-state index in [9.17, 15) is 26.3 Å². The lowest BCUT2D eigenvalue weighted by Crippen LogP contribution is -2.36. The molecule has 0 amide bonds. The Morgan fingerprint density at radius 1 is 1.21 bits per heavy atom. The minimum Gasteiger partial charge on any atom is -0.468 e. The van der Waals surface area contributed by atoms with Gasteiger partial charge in [0.25, 0.3) is 0 Å². The SMILES string of the molecule is CCNC(=NCc1cccnc1OCC(F)(F)F)NCc1nc(C(F)(F)F)cs1. The van der Waals surface area contributed by atoms with E-state index in [1.165, 1.54) is 18.3 Å². The van der Waals surface area contributed by atoms with Crippen LogP contribution in [0.15, 0.2) is 28.7 Å². The van der Waals surface area contributed by atoms with E-state index in [2.05, 4.69) is 25.6 Å². The zero-order chi connectivity index (χ0) is 21.5. The number of alkyl halides is 6. The molecule has 13 heteroatoms. The Balaban J connectivity index is 2.03. The van der Waals surface area contributed by atoms with Gasteiger partial charge in [-0.2, -0.15) is 26.3 Å². The highest BCUT2D eigenvalue weighted by molar-refractivity contribution is 7.09. The number of nitrogens with zero attached hydrogens (tertiary/aromatic N) is 3. The van der Waals surface area contributed by atoms with E-state index >= 15 is 0 Å². The van der Waals surface area contributed by atoms with Gasteiger partial charge in [0.1, 0.15) is 5.01 Å². The number of guanidine groups is 1. The molecule has 2 aromatic rings. The maximum Gasteiger partial charge on any atom is 0.434 e. The third kappa shape index (κ3) is 7.75. The van der Waals surface area contributed by atoms with Gasteiger partial charge in [0.05, 0.1) is 13.1 Å². The number of hydrogen-bond acceptors (Lipinski definition) is 5. The van der Waals surface area contributed by atoms with E-state index in [4.69, 9.17) is 4.74 Å². The van der Waals surface area contributed by atoms with Crippen molar-refractivity contribution in [3.63, 3.8) is 0 Å². The quantitative estimate of drug-likeness (QED) is 0.389. The van der Waals surface area contributed by atoms with Crippen LogP contribution in [0.3, 0.4) is 0 Å². The van der Waals surface area contributed by atoms with Crippen LogP contribution in [0.25, 0.3) is 0 Å². The van der Waals surface area contributed by atoms with Crippen molar-refractivity contribution in [2.24, 2.45) is 4.99 Å². The molecule has 0 fully saturated rings. The van der Waals surface area contributed by atoms with Crippen LogP contribution in [-0.2, 0) is 19.3 Å². The number of aromatic nitrogens is 2. The lowest BCUT2D eigenvalue weighted by atomic mass is 10.3. The summed E-state index contributed by atoms with van der Waals surface area (Å²) in [6.07, 6.45) is -7.72. The molecule has 0 aliphatic heterocycles. The number of pyridine rings is 1. The highest BCUT2D eigenvalue weighted by Crippen LogP contribution is 2.29. The van der Waals surface area contributed by atoms with Gasteiger partial charge in [0.2, 0.25) is 5.88 Å². The minimum atomic E-state index is -4.51. The zero-order valence-corrected chi connectivity index (χ0v) is 15.9. The number of rotatable bonds is 7. The summed E-state index contributed by atoms with van der Waals surface area (Å²) in [6, 6.07) is 3.04. The molecule has 2 aromatic heterocycles. The predicted octanol–water partition coefficient (Wildman–Crippen LogP) is 3.75. The molecule has 160 valence electrons. The van der Waals surface area contributed by atoms with E-state index in [1.807, 2.05) is 0 Å². The number of nitrogens with one attached hydrogen (secondary N) is 2. The fourth-order valence-corrected chi connectivity index (χ4v) is 2.75. The monoisotopic (exact) mass is 441 g/mol. The Hall–Kier alpha value is -2.57. The van der Waals surface area contributed by atoms with Gasteiger partial charge >= 0.3 is 12.4 Å². The number of hydrogen-bond donors (Lipinski definition) is 2. The van der Waals surface area contributed by atoms with Crippen molar-refractivity contribution in [2.75, 3.05) is 13.2 Å². The molecule has 0 saturated carbocycles. The summed E-state index contributed by atoms with van der Waals surface area (Å²) < 4.78 is 79.6. The summed E-state index contributed by atoms with van der Waals surface area (Å²) >= 11 is 0.849. The first-order chi connectivity index (χ1) is 13.6. The molecule has 2 rings (SSSR count). The number of aliphatic imine (C=N–C) groups is 1. The summed E-state index contributed by atoms with van der Waals surface area (Å²) in [7, 11) is 0. The van der Waals surface area contributed by atoms with Crippen molar-refractivity contribution in [3.05, 3.63) is 40.0 Å². The molecular weight excluding hydrogens is 424 g/mol. The largest absolute Gasteiger partial charge is 0.468 e. The summed E-state index contributed by atoms with van der Waals surface area (Å²) in [5.74, 6) is 0.0565. The first kappa shape index (κ1) is 22.7. The van der Waals surface area contributed by atoms with Gasteiger partial charge in [-0.15, -0.1) is 11.3 Å². The van der Waals surface area contributed by atoms with Crippen molar-refractivity contribution >= 4 is 17.3 Å². The zero-order valence-electron chi connectivity index (χ0n) is 15.1. The van der Waals surface area contributed by atoms with E-state index in [-0.39, 0.29) is 29.9 Å². The maximum atomic E-state index is 12.6. The molecule has 0 spiro atoms. The van der Waals surface area contributed by atoms with Gasteiger partial charge in [-0.25, -0.2) is 15.0 Å². The predicted molar refractivity (Wildman–Crippen MR) is 94.6 cm³/mol. The normalized spacial score (nSPS) is 12.7. The van der Waals surface area contributed by atoms with Gasteiger partial charge < -0.3 is 15.4 Å². The number of thiazole rings is 1. The molecule has 2 heterocycles. The van der Waals surface area contributed by atoms with Crippen LogP contribution in [0.2, 0.25) is 0 Å². The van der Waals surface area contributed by atoms with E-state index < -0.39 is 24.7 Å². The van der Waals surface area contributed by atoms with E-state index in [1.54, 1.807) is 6.92 Å². The molecule has 29 heavy (non-hydrogen) atoms. The number of halogens is 6. The summed E-state index contributed by atoms with van der Waals surface area (Å²) in [6.45, 7) is 0.704. The van der Waals surface area contributed by atoms with Crippen LogP contribution in [0.1, 0.15) is 23.2 Å². The Morgan fingerprint density at radius 3 is 2.59 bits per heavy atom. The lowest BCUT2D eigenvalue weighted by molar-refractivity contribution is -0.154. The molecule has 0 radical (unpaired) electrons. The second kappa shape index (κ2) is 9.76. The highest BCUT2D eigenvalue weighted by atomic mass is 32.1. The Bertz CT molecular complexity index is 821.